The third-order valence-electron chi connectivity index (χ3n) is 4.37. The molecule has 0 heterocycles. The van der Waals surface area contributed by atoms with Crippen LogP contribution in [0.25, 0.3) is 0 Å². The normalized spacial score (nSPS) is 15.5. The molecule has 0 aromatic rings. The molecule has 1 atom stereocenters. The Labute approximate surface area is 112 Å². The van der Waals surface area contributed by atoms with E-state index in [4.69, 9.17) is 0 Å². The zero-order valence-electron chi connectivity index (χ0n) is 13.3. The molecule has 0 radical (unpaired) electrons. The zero-order valence-corrected chi connectivity index (χ0v) is 14.3. The molecule has 0 aromatic carbocycles. The second-order valence-electron chi connectivity index (χ2n) is 6.92. The van der Waals surface area contributed by atoms with Gasteiger partial charge in [-0.15, -0.1) is 0 Å². The van der Waals surface area contributed by atoms with E-state index in [1.807, 2.05) is 0 Å². The summed E-state index contributed by atoms with van der Waals surface area (Å²) >= 11 is 0. The van der Waals surface area contributed by atoms with Crippen LogP contribution < -0.4 is 0 Å². The summed E-state index contributed by atoms with van der Waals surface area (Å²) in [4.78, 5) is 0. The first kappa shape index (κ1) is 17.2. The van der Waals surface area contributed by atoms with Gasteiger partial charge < -0.3 is 0 Å². The van der Waals surface area contributed by atoms with Crippen LogP contribution in [0, 0.1) is 5.92 Å². The van der Waals surface area contributed by atoms with Gasteiger partial charge in [0.1, 0.15) is 0 Å². The summed E-state index contributed by atoms with van der Waals surface area (Å²) in [7, 11) is -0.958. The summed E-state index contributed by atoms with van der Waals surface area (Å²) in [6.07, 6.45) is 8.71. The molecule has 0 aliphatic carbocycles. The van der Waals surface area contributed by atoms with Crippen molar-refractivity contribution in [1.29, 1.82) is 0 Å². The lowest BCUT2D eigenvalue weighted by Gasteiger charge is -2.33. The van der Waals surface area contributed by atoms with Crippen LogP contribution in [-0.2, 0) is 0 Å². The molecular formula is C16H36Si. The number of unbranched alkanes of at least 4 members (excludes halogenated alkanes) is 5. The van der Waals surface area contributed by atoms with Crippen LogP contribution in [0.2, 0.25) is 24.2 Å². The van der Waals surface area contributed by atoms with Gasteiger partial charge in [-0.05, 0) is 5.92 Å². The average molecular weight is 257 g/mol. The molecule has 17 heavy (non-hydrogen) atoms. The molecule has 0 aliphatic rings. The summed E-state index contributed by atoms with van der Waals surface area (Å²) in [6.45, 7) is 14.7. The van der Waals surface area contributed by atoms with Gasteiger partial charge in [-0.3, -0.25) is 0 Å². The molecule has 0 fully saturated rings. The lowest BCUT2D eigenvalue weighted by Crippen LogP contribution is -2.35. The summed E-state index contributed by atoms with van der Waals surface area (Å²) in [6, 6.07) is 3.09. The molecule has 0 aromatic heterocycles. The molecule has 0 nitrogen and oxygen atoms in total. The highest BCUT2D eigenvalue weighted by atomic mass is 28.3. The maximum absolute atomic E-state index is 2.64. The van der Waals surface area contributed by atoms with E-state index in [0.29, 0.717) is 0 Å². The molecular weight excluding hydrogens is 220 g/mol. The van der Waals surface area contributed by atoms with Crippen molar-refractivity contribution in [3.8, 4) is 0 Å². The smallest absolute Gasteiger partial charge is 0.0532 e. The Morgan fingerprint density at radius 1 is 0.824 bits per heavy atom. The second kappa shape index (κ2) is 9.19. The van der Waals surface area contributed by atoms with Crippen LogP contribution in [0.5, 0.6) is 0 Å². The van der Waals surface area contributed by atoms with E-state index in [1.165, 1.54) is 44.6 Å². The Kier molecular flexibility index (Phi) is 9.30. The molecule has 0 rings (SSSR count). The van der Waals surface area contributed by atoms with E-state index < -0.39 is 8.07 Å². The van der Waals surface area contributed by atoms with Crippen LogP contribution in [0.15, 0.2) is 0 Å². The maximum atomic E-state index is 2.64. The van der Waals surface area contributed by atoms with Gasteiger partial charge in [-0.1, -0.05) is 97.3 Å². The van der Waals surface area contributed by atoms with Crippen molar-refractivity contribution in [1.82, 2.24) is 0 Å². The van der Waals surface area contributed by atoms with Crippen molar-refractivity contribution in [3.05, 3.63) is 0 Å². The first-order valence-corrected chi connectivity index (χ1v) is 10.9. The molecule has 0 bridgehead atoms. The number of hydrogen-bond acceptors (Lipinski definition) is 0. The minimum Gasteiger partial charge on any atom is -0.0690 e. The Morgan fingerprint density at radius 3 is 1.82 bits per heavy atom. The van der Waals surface area contributed by atoms with Gasteiger partial charge in [0, 0.05) is 0 Å². The van der Waals surface area contributed by atoms with E-state index in [2.05, 4.69) is 41.2 Å². The Hall–Kier alpha value is 0.217. The van der Waals surface area contributed by atoms with E-state index in [9.17, 15) is 0 Å². The van der Waals surface area contributed by atoms with E-state index in [-0.39, 0.29) is 0 Å². The van der Waals surface area contributed by atoms with Crippen molar-refractivity contribution in [3.63, 3.8) is 0 Å². The molecule has 104 valence electrons. The first-order chi connectivity index (χ1) is 7.92. The van der Waals surface area contributed by atoms with Crippen molar-refractivity contribution < 1.29 is 0 Å². The standard InChI is InChI=1S/C16H36Si/c1-7-8-9-10-11-12-13-17(6,16(4)5)14-15(2)3/h15-16H,7-14H2,1-6H3. The predicted molar refractivity (Wildman–Crippen MR) is 84.5 cm³/mol. The Morgan fingerprint density at radius 2 is 1.35 bits per heavy atom. The summed E-state index contributed by atoms with van der Waals surface area (Å²) in [5.41, 5.74) is 0.959. The number of rotatable bonds is 10. The Bertz CT molecular complexity index is 174. The number of hydrogen-bond donors (Lipinski definition) is 0. The molecule has 0 aliphatic heterocycles. The van der Waals surface area contributed by atoms with Crippen molar-refractivity contribution >= 4 is 8.07 Å². The van der Waals surface area contributed by atoms with Gasteiger partial charge in [0.05, 0.1) is 8.07 Å². The van der Waals surface area contributed by atoms with E-state index in [0.717, 1.165) is 11.5 Å². The van der Waals surface area contributed by atoms with Gasteiger partial charge in [0.25, 0.3) is 0 Å². The van der Waals surface area contributed by atoms with Crippen molar-refractivity contribution in [2.24, 2.45) is 5.92 Å². The highest BCUT2D eigenvalue weighted by molar-refractivity contribution is 6.79. The van der Waals surface area contributed by atoms with E-state index >= 15 is 0 Å². The maximum Gasteiger partial charge on any atom is 0.0532 e. The monoisotopic (exact) mass is 256 g/mol. The van der Waals surface area contributed by atoms with Crippen LogP contribution in [0.3, 0.4) is 0 Å². The topological polar surface area (TPSA) is 0 Å². The zero-order chi connectivity index (χ0) is 13.3. The fourth-order valence-electron chi connectivity index (χ4n) is 2.87. The van der Waals surface area contributed by atoms with Crippen LogP contribution in [0.4, 0.5) is 0 Å². The summed E-state index contributed by atoms with van der Waals surface area (Å²) < 4.78 is 0. The molecule has 0 saturated carbocycles. The summed E-state index contributed by atoms with van der Waals surface area (Å²) in [5, 5.41) is 0. The minimum absolute atomic E-state index is 0.897. The molecule has 0 spiro atoms. The molecule has 0 amide bonds. The lowest BCUT2D eigenvalue weighted by molar-refractivity contribution is 0.617. The van der Waals surface area contributed by atoms with Gasteiger partial charge in [0.15, 0.2) is 0 Å². The largest absolute Gasteiger partial charge is 0.0690 e. The van der Waals surface area contributed by atoms with Gasteiger partial charge in [-0.2, -0.15) is 0 Å². The third kappa shape index (κ3) is 8.02. The quantitative estimate of drug-likeness (QED) is 0.309. The second-order valence-corrected chi connectivity index (χ2v) is 12.3. The van der Waals surface area contributed by atoms with Crippen LogP contribution >= 0.6 is 0 Å². The molecule has 0 N–H and O–H groups in total. The Balaban J connectivity index is 3.85. The minimum atomic E-state index is -0.958. The highest BCUT2D eigenvalue weighted by Crippen LogP contribution is 2.34. The van der Waals surface area contributed by atoms with Crippen LogP contribution in [-0.4, -0.2) is 8.07 Å². The fraction of sp³-hybridized carbons (Fsp3) is 1.00. The molecule has 1 heteroatoms. The van der Waals surface area contributed by atoms with E-state index in [1.54, 1.807) is 6.04 Å². The highest BCUT2D eigenvalue weighted by Gasteiger charge is 2.30. The van der Waals surface area contributed by atoms with Gasteiger partial charge in [0.2, 0.25) is 0 Å². The first-order valence-electron chi connectivity index (χ1n) is 7.92. The van der Waals surface area contributed by atoms with Crippen molar-refractivity contribution in [2.45, 2.75) is 97.3 Å². The lowest BCUT2D eigenvalue weighted by atomic mass is 10.1. The average Bonchev–Trinajstić information content (AvgIpc) is 2.22. The van der Waals surface area contributed by atoms with Crippen LogP contribution in [0.1, 0.15) is 73.1 Å². The molecule has 1 unspecified atom stereocenters. The SMILES string of the molecule is CCCCCCCC[Si](C)(CC(C)C)C(C)C. The fourth-order valence-corrected chi connectivity index (χ4v) is 7.04. The van der Waals surface area contributed by atoms with Gasteiger partial charge in [-0.25, -0.2) is 0 Å². The third-order valence-corrected chi connectivity index (χ3v) is 10.4. The predicted octanol–water partition coefficient (Wildman–Crippen LogP) is 6.49. The van der Waals surface area contributed by atoms with Crippen molar-refractivity contribution in [2.75, 3.05) is 0 Å². The van der Waals surface area contributed by atoms with Gasteiger partial charge >= 0.3 is 0 Å². The molecule has 0 saturated heterocycles. The summed E-state index contributed by atoms with van der Waals surface area (Å²) in [5.74, 6) is 0.897.